The van der Waals surface area contributed by atoms with Crippen LogP contribution in [0, 0.1) is 12.7 Å². The quantitative estimate of drug-likeness (QED) is 0.748. The normalized spacial score (nSPS) is 12.8. The first-order valence-electron chi connectivity index (χ1n) is 8.74. The SMILES string of the molecule is Cc1ccc(CN(Cc2ccc(F)cc2)C[C@H](O)COC(C)C)cc1. The molecule has 0 saturated carbocycles. The van der Waals surface area contributed by atoms with Crippen LogP contribution in [0.25, 0.3) is 0 Å². The molecule has 0 amide bonds. The molecule has 4 heteroatoms. The van der Waals surface area contributed by atoms with Gasteiger partial charge in [0, 0.05) is 19.6 Å². The Morgan fingerprint density at radius 1 is 0.960 bits per heavy atom. The summed E-state index contributed by atoms with van der Waals surface area (Å²) in [7, 11) is 0. The van der Waals surface area contributed by atoms with Gasteiger partial charge in [-0.3, -0.25) is 4.90 Å². The maximum Gasteiger partial charge on any atom is 0.123 e. The Balaban J connectivity index is 2.03. The van der Waals surface area contributed by atoms with E-state index in [0.29, 0.717) is 19.7 Å². The number of halogens is 1. The minimum Gasteiger partial charge on any atom is -0.389 e. The highest BCUT2D eigenvalue weighted by molar-refractivity contribution is 5.22. The fourth-order valence-corrected chi connectivity index (χ4v) is 2.64. The van der Waals surface area contributed by atoms with Crippen LogP contribution in [-0.4, -0.2) is 35.4 Å². The van der Waals surface area contributed by atoms with Gasteiger partial charge in [0.05, 0.1) is 18.8 Å². The van der Waals surface area contributed by atoms with E-state index in [1.54, 1.807) is 12.1 Å². The van der Waals surface area contributed by atoms with Crippen LogP contribution in [0.3, 0.4) is 0 Å². The van der Waals surface area contributed by atoms with Gasteiger partial charge in [0.15, 0.2) is 0 Å². The van der Waals surface area contributed by atoms with E-state index >= 15 is 0 Å². The lowest BCUT2D eigenvalue weighted by Gasteiger charge is -2.26. The first-order valence-corrected chi connectivity index (χ1v) is 8.74. The smallest absolute Gasteiger partial charge is 0.123 e. The third-order valence-corrected chi connectivity index (χ3v) is 3.94. The Morgan fingerprint density at radius 3 is 2.00 bits per heavy atom. The van der Waals surface area contributed by atoms with Crippen LogP contribution in [0.15, 0.2) is 48.5 Å². The summed E-state index contributed by atoms with van der Waals surface area (Å²) in [5.41, 5.74) is 3.43. The Kier molecular flexibility index (Phi) is 7.56. The monoisotopic (exact) mass is 345 g/mol. The van der Waals surface area contributed by atoms with Gasteiger partial charge in [-0.05, 0) is 44.0 Å². The summed E-state index contributed by atoms with van der Waals surface area (Å²) in [6.45, 7) is 8.14. The van der Waals surface area contributed by atoms with Crippen molar-refractivity contribution in [1.29, 1.82) is 0 Å². The summed E-state index contributed by atoms with van der Waals surface area (Å²) in [4.78, 5) is 2.16. The van der Waals surface area contributed by atoms with E-state index in [1.165, 1.54) is 23.3 Å². The highest BCUT2D eigenvalue weighted by atomic mass is 19.1. The average molecular weight is 345 g/mol. The van der Waals surface area contributed by atoms with Gasteiger partial charge in [0.2, 0.25) is 0 Å². The first-order chi connectivity index (χ1) is 11.9. The molecule has 0 spiro atoms. The molecule has 0 aliphatic heterocycles. The van der Waals surface area contributed by atoms with Gasteiger partial charge in [-0.1, -0.05) is 42.0 Å². The van der Waals surface area contributed by atoms with E-state index < -0.39 is 6.10 Å². The molecule has 136 valence electrons. The number of rotatable bonds is 9. The van der Waals surface area contributed by atoms with E-state index in [-0.39, 0.29) is 11.9 Å². The van der Waals surface area contributed by atoms with Crippen molar-refractivity contribution < 1.29 is 14.2 Å². The number of nitrogens with zero attached hydrogens (tertiary/aromatic N) is 1. The molecular weight excluding hydrogens is 317 g/mol. The van der Waals surface area contributed by atoms with Crippen LogP contribution < -0.4 is 0 Å². The van der Waals surface area contributed by atoms with E-state index in [1.807, 2.05) is 13.8 Å². The molecule has 1 atom stereocenters. The summed E-state index contributed by atoms with van der Waals surface area (Å²) < 4.78 is 18.6. The molecule has 0 aromatic heterocycles. The maximum atomic E-state index is 13.1. The van der Waals surface area contributed by atoms with E-state index in [9.17, 15) is 9.50 Å². The largest absolute Gasteiger partial charge is 0.389 e. The molecule has 2 rings (SSSR count). The summed E-state index contributed by atoms with van der Waals surface area (Å²) >= 11 is 0. The van der Waals surface area contributed by atoms with Gasteiger partial charge >= 0.3 is 0 Å². The van der Waals surface area contributed by atoms with Crippen molar-refractivity contribution in [3.05, 3.63) is 71.0 Å². The molecule has 0 aliphatic carbocycles. The lowest BCUT2D eigenvalue weighted by Crippen LogP contribution is -2.34. The molecule has 2 aromatic rings. The minimum atomic E-state index is -0.562. The Hall–Kier alpha value is -1.75. The molecule has 0 saturated heterocycles. The predicted octanol–water partition coefficient (Wildman–Crippen LogP) is 3.92. The Morgan fingerprint density at radius 2 is 1.48 bits per heavy atom. The van der Waals surface area contributed by atoms with E-state index in [0.717, 1.165) is 12.1 Å². The van der Waals surface area contributed by atoms with E-state index in [4.69, 9.17) is 4.74 Å². The number of aryl methyl sites for hydroxylation is 1. The zero-order chi connectivity index (χ0) is 18.2. The number of aliphatic hydroxyl groups excluding tert-OH is 1. The highest BCUT2D eigenvalue weighted by Gasteiger charge is 2.14. The Bertz CT molecular complexity index is 578. The van der Waals surface area contributed by atoms with Gasteiger partial charge in [-0.15, -0.1) is 0 Å². The molecule has 3 nitrogen and oxygen atoms in total. The number of hydrogen-bond donors (Lipinski definition) is 1. The maximum absolute atomic E-state index is 13.1. The van der Waals surface area contributed by atoms with Gasteiger partial charge in [0.25, 0.3) is 0 Å². The summed E-state index contributed by atoms with van der Waals surface area (Å²) in [5.74, 6) is -0.237. The van der Waals surface area contributed by atoms with Crippen molar-refractivity contribution in [2.45, 2.75) is 46.1 Å². The lowest BCUT2D eigenvalue weighted by molar-refractivity contribution is -0.0106. The van der Waals surface area contributed by atoms with Crippen molar-refractivity contribution in [3.63, 3.8) is 0 Å². The summed E-state index contributed by atoms with van der Waals surface area (Å²) in [6.07, 6.45) is -0.467. The van der Waals surface area contributed by atoms with Crippen LogP contribution >= 0.6 is 0 Å². The van der Waals surface area contributed by atoms with Crippen molar-refractivity contribution >= 4 is 0 Å². The predicted molar refractivity (Wildman–Crippen MR) is 98.8 cm³/mol. The van der Waals surface area contributed by atoms with Crippen LogP contribution in [0.4, 0.5) is 4.39 Å². The fourth-order valence-electron chi connectivity index (χ4n) is 2.64. The van der Waals surface area contributed by atoms with Crippen molar-refractivity contribution in [2.24, 2.45) is 0 Å². The molecule has 0 heterocycles. The molecule has 0 bridgehead atoms. The van der Waals surface area contributed by atoms with Crippen molar-refractivity contribution in [1.82, 2.24) is 4.90 Å². The zero-order valence-electron chi connectivity index (χ0n) is 15.3. The second-order valence-corrected chi connectivity index (χ2v) is 6.82. The third-order valence-electron chi connectivity index (χ3n) is 3.94. The third kappa shape index (κ3) is 7.34. The minimum absolute atomic E-state index is 0.0947. The van der Waals surface area contributed by atoms with E-state index in [2.05, 4.69) is 36.1 Å². The van der Waals surface area contributed by atoms with Crippen LogP contribution in [0.5, 0.6) is 0 Å². The number of hydrogen-bond acceptors (Lipinski definition) is 3. The van der Waals surface area contributed by atoms with Gasteiger partial charge in [0.1, 0.15) is 5.82 Å². The molecule has 2 aromatic carbocycles. The van der Waals surface area contributed by atoms with Crippen LogP contribution in [0.2, 0.25) is 0 Å². The van der Waals surface area contributed by atoms with Crippen molar-refractivity contribution in [3.8, 4) is 0 Å². The number of ether oxygens (including phenoxy) is 1. The van der Waals surface area contributed by atoms with Gasteiger partial charge < -0.3 is 9.84 Å². The molecule has 25 heavy (non-hydrogen) atoms. The van der Waals surface area contributed by atoms with Crippen molar-refractivity contribution in [2.75, 3.05) is 13.2 Å². The van der Waals surface area contributed by atoms with Gasteiger partial charge in [-0.25, -0.2) is 4.39 Å². The molecule has 0 unspecified atom stereocenters. The topological polar surface area (TPSA) is 32.7 Å². The Labute approximate surface area is 150 Å². The highest BCUT2D eigenvalue weighted by Crippen LogP contribution is 2.13. The second kappa shape index (κ2) is 9.66. The van der Waals surface area contributed by atoms with Gasteiger partial charge in [-0.2, -0.15) is 0 Å². The fraction of sp³-hybridized carbons (Fsp3) is 0.429. The molecule has 0 fully saturated rings. The standard InChI is InChI=1S/C21H28FNO2/c1-16(2)25-15-21(24)14-23(12-18-6-4-17(3)5-7-18)13-19-8-10-20(22)11-9-19/h4-11,16,21,24H,12-15H2,1-3H3/t21-/m0/s1. The second-order valence-electron chi connectivity index (χ2n) is 6.82. The summed E-state index contributed by atoms with van der Waals surface area (Å²) in [5, 5.41) is 10.3. The van der Waals surface area contributed by atoms with Crippen LogP contribution in [0.1, 0.15) is 30.5 Å². The lowest BCUT2D eigenvalue weighted by atomic mass is 10.1. The molecule has 0 radical (unpaired) electrons. The van der Waals surface area contributed by atoms with Crippen LogP contribution in [-0.2, 0) is 17.8 Å². The molecular formula is C21H28FNO2. The average Bonchev–Trinajstić information content (AvgIpc) is 2.57. The number of aliphatic hydroxyl groups is 1. The zero-order valence-corrected chi connectivity index (χ0v) is 15.3. The first kappa shape index (κ1) is 19.6. The molecule has 0 aliphatic rings. The molecule has 1 N–H and O–H groups in total. The summed E-state index contributed by atoms with van der Waals surface area (Å²) in [6, 6.07) is 14.9. The number of benzene rings is 2.